The van der Waals surface area contributed by atoms with Crippen molar-refractivity contribution in [3.05, 3.63) is 36.5 Å². The lowest BCUT2D eigenvalue weighted by Crippen LogP contribution is -2.53. The lowest BCUT2D eigenvalue weighted by atomic mass is 9.93. The van der Waals surface area contributed by atoms with E-state index in [4.69, 9.17) is 0 Å². The maximum atomic E-state index is 13.4. The molecule has 1 aromatic heterocycles. The summed E-state index contributed by atoms with van der Waals surface area (Å²) in [4.78, 5) is 2.61. The summed E-state index contributed by atoms with van der Waals surface area (Å²) >= 11 is 0. The summed E-state index contributed by atoms with van der Waals surface area (Å²) in [6, 6.07) is 10.2. The summed E-state index contributed by atoms with van der Waals surface area (Å²) in [5, 5.41) is 8.15. The Morgan fingerprint density at radius 1 is 0.931 bits per heavy atom. The second-order valence-electron chi connectivity index (χ2n) is 8.90. The van der Waals surface area contributed by atoms with Crippen LogP contribution >= 0.6 is 0 Å². The Hall–Kier alpha value is -1.77. The van der Waals surface area contributed by atoms with E-state index in [2.05, 4.69) is 22.1 Å². The van der Waals surface area contributed by atoms with Gasteiger partial charge in [-0.1, -0.05) is 30.3 Å². The second-order valence-corrected chi connectivity index (χ2v) is 10.7. The molecule has 0 radical (unpaired) electrons. The van der Waals surface area contributed by atoms with Gasteiger partial charge in [0.25, 0.3) is 10.0 Å². The molecule has 156 valence electrons. The summed E-state index contributed by atoms with van der Waals surface area (Å²) in [6.45, 7) is 4.64. The number of rotatable bonds is 4. The topological polar surface area (TPSA) is 71.3 Å². The normalized spacial score (nSPS) is 29.3. The third kappa shape index (κ3) is 3.51. The summed E-state index contributed by atoms with van der Waals surface area (Å²) in [5.74, 6) is 0.815. The van der Waals surface area contributed by atoms with Gasteiger partial charge in [-0.3, -0.25) is 0 Å². The van der Waals surface area contributed by atoms with Crippen LogP contribution in [0, 0.1) is 5.92 Å². The summed E-state index contributed by atoms with van der Waals surface area (Å²) in [5.41, 5.74) is 0.808. The number of benzene rings is 1. The fourth-order valence-corrected chi connectivity index (χ4v) is 7.13. The minimum atomic E-state index is -3.63. The van der Waals surface area contributed by atoms with Crippen LogP contribution in [0.25, 0.3) is 5.69 Å². The molecular weight excluding hydrogens is 386 g/mol. The van der Waals surface area contributed by atoms with E-state index in [-0.39, 0.29) is 17.1 Å². The van der Waals surface area contributed by atoms with E-state index >= 15 is 0 Å². The fourth-order valence-electron chi connectivity index (χ4n) is 5.37. The van der Waals surface area contributed by atoms with Crippen molar-refractivity contribution in [1.29, 1.82) is 0 Å². The Morgan fingerprint density at radius 3 is 2.24 bits per heavy atom. The van der Waals surface area contributed by atoms with Crippen LogP contribution in [0.3, 0.4) is 0 Å². The largest absolute Gasteiger partial charge is 0.300 e. The van der Waals surface area contributed by atoms with Crippen LogP contribution in [-0.4, -0.2) is 63.8 Å². The van der Waals surface area contributed by atoms with E-state index in [9.17, 15) is 8.42 Å². The van der Waals surface area contributed by atoms with Crippen LogP contribution < -0.4 is 0 Å². The van der Waals surface area contributed by atoms with Crippen LogP contribution in [0.2, 0.25) is 0 Å². The standard InChI is InChI=1S/C21H29N5O2S/c1-16-9-11-24(12-10-16)20-13-18-7-8-19(14-20)26(18)29(27,28)21-15-25(23-22-21)17-5-3-2-4-6-17/h2-6,15-16,18-20H,7-14H2,1H3. The van der Waals surface area contributed by atoms with Gasteiger partial charge in [-0.25, -0.2) is 13.1 Å². The molecule has 2 atom stereocenters. The van der Waals surface area contributed by atoms with Crippen LogP contribution in [0.1, 0.15) is 45.4 Å². The van der Waals surface area contributed by atoms with Crippen LogP contribution in [0.15, 0.2) is 41.6 Å². The van der Waals surface area contributed by atoms with Crippen molar-refractivity contribution in [1.82, 2.24) is 24.2 Å². The van der Waals surface area contributed by atoms with Gasteiger partial charge >= 0.3 is 0 Å². The first-order valence-corrected chi connectivity index (χ1v) is 12.2. The highest BCUT2D eigenvalue weighted by Crippen LogP contribution is 2.41. The summed E-state index contributed by atoms with van der Waals surface area (Å²) in [7, 11) is -3.63. The molecule has 0 N–H and O–H groups in total. The van der Waals surface area contributed by atoms with Gasteiger partial charge in [-0.2, -0.15) is 4.31 Å². The van der Waals surface area contributed by atoms with E-state index in [1.54, 1.807) is 10.5 Å². The van der Waals surface area contributed by atoms with Crippen LogP contribution in [0.5, 0.6) is 0 Å². The molecule has 0 amide bonds. The van der Waals surface area contributed by atoms with Gasteiger partial charge in [0.2, 0.25) is 5.03 Å². The van der Waals surface area contributed by atoms with Crippen LogP contribution in [-0.2, 0) is 10.0 Å². The molecule has 29 heavy (non-hydrogen) atoms. The molecule has 3 fully saturated rings. The number of sulfonamides is 1. The molecule has 4 heterocycles. The Morgan fingerprint density at radius 2 is 1.59 bits per heavy atom. The van der Waals surface area contributed by atoms with E-state index < -0.39 is 10.0 Å². The minimum absolute atomic E-state index is 0.0588. The number of hydrogen-bond donors (Lipinski definition) is 0. The summed E-state index contributed by atoms with van der Waals surface area (Å²) < 4.78 is 30.1. The monoisotopic (exact) mass is 415 g/mol. The van der Waals surface area contributed by atoms with Crippen molar-refractivity contribution in [2.24, 2.45) is 5.92 Å². The van der Waals surface area contributed by atoms with Crippen molar-refractivity contribution in [2.45, 2.75) is 68.6 Å². The Labute approximate surface area is 172 Å². The molecule has 7 nitrogen and oxygen atoms in total. The van der Waals surface area contributed by atoms with Crippen LogP contribution in [0.4, 0.5) is 0 Å². The van der Waals surface area contributed by atoms with Crippen molar-refractivity contribution in [3.63, 3.8) is 0 Å². The molecule has 0 spiro atoms. The lowest BCUT2D eigenvalue weighted by Gasteiger charge is -2.44. The van der Waals surface area contributed by atoms with E-state index in [1.165, 1.54) is 17.5 Å². The van der Waals surface area contributed by atoms with Gasteiger partial charge in [0.05, 0.1) is 11.9 Å². The quantitative estimate of drug-likeness (QED) is 0.768. The number of likely N-dealkylation sites (tertiary alicyclic amines) is 1. The molecule has 0 saturated carbocycles. The molecule has 2 aromatic rings. The molecule has 3 aliphatic rings. The van der Waals surface area contributed by atoms with Gasteiger partial charge in [0.1, 0.15) is 0 Å². The summed E-state index contributed by atoms with van der Waals surface area (Å²) in [6.07, 6.45) is 7.86. The van der Waals surface area contributed by atoms with E-state index in [0.717, 1.165) is 50.4 Å². The van der Waals surface area contributed by atoms with E-state index in [0.29, 0.717) is 6.04 Å². The Bertz CT molecular complexity index is 938. The van der Waals surface area contributed by atoms with Crippen molar-refractivity contribution >= 4 is 10.0 Å². The average Bonchev–Trinajstić information content (AvgIpc) is 3.33. The highest BCUT2D eigenvalue weighted by Gasteiger charge is 2.49. The van der Waals surface area contributed by atoms with Gasteiger partial charge in [0.15, 0.2) is 0 Å². The number of fused-ring (bicyclic) bond motifs is 2. The zero-order chi connectivity index (χ0) is 20.0. The molecular formula is C21H29N5O2S. The number of hydrogen-bond acceptors (Lipinski definition) is 5. The second kappa shape index (κ2) is 7.49. The zero-order valence-electron chi connectivity index (χ0n) is 16.9. The Kier molecular flexibility index (Phi) is 4.96. The number of nitrogens with zero attached hydrogens (tertiary/aromatic N) is 5. The molecule has 3 saturated heterocycles. The molecule has 1 aromatic carbocycles. The SMILES string of the molecule is CC1CCN(C2CC3CCC(C2)N3S(=O)(=O)c2cn(-c3ccccc3)nn2)CC1. The van der Waals surface area contributed by atoms with Crippen molar-refractivity contribution in [3.8, 4) is 5.69 Å². The number of aromatic nitrogens is 3. The maximum absolute atomic E-state index is 13.4. The molecule has 2 bridgehead atoms. The minimum Gasteiger partial charge on any atom is -0.300 e. The van der Waals surface area contributed by atoms with Crippen molar-refractivity contribution in [2.75, 3.05) is 13.1 Å². The molecule has 0 aliphatic carbocycles. The highest BCUT2D eigenvalue weighted by molar-refractivity contribution is 7.89. The smallest absolute Gasteiger partial charge is 0.264 e. The lowest BCUT2D eigenvalue weighted by molar-refractivity contribution is 0.0758. The molecule has 2 unspecified atom stereocenters. The predicted octanol–water partition coefficient (Wildman–Crippen LogP) is 2.68. The maximum Gasteiger partial charge on any atom is 0.264 e. The van der Waals surface area contributed by atoms with Gasteiger partial charge < -0.3 is 4.90 Å². The predicted molar refractivity (Wildman–Crippen MR) is 110 cm³/mol. The Balaban J connectivity index is 1.34. The fraction of sp³-hybridized carbons (Fsp3) is 0.619. The third-order valence-corrected chi connectivity index (χ3v) is 8.88. The third-order valence-electron chi connectivity index (χ3n) is 7.01. The highest BCUT2D eigenvalue weighted by atomic mass is 32.2. The molecule has 8 heteroatoms. The number of piperidine rings is 2. The number of para-hydroxylation sites is 1. The molecule has 3 aliphatic heterocycles. The van der Waals surface area contributed by atoms with Crippen molar-refractivity contribution < 1.29 is 8.42 Å². The average molecular weight is 416 g/mol. The zero-order valence-corrected chi connectivity index (χ0v) is 17.7. The first-order valence-electron chi connectivity index (χ1n) is 10.8. The van der Waals surface area contributed by atoms with Gasteiger partial charge in [0, 0.05) is 18.1 Å². The first-order chi connectivity index (χ1) is 14.0. The van der Waals surface area contributed by atoms with Gasteiger partial charge in [-0.05, 0) is 69.7 Å². The van der Waals surface area contributed by atoms with Gasteiger partial charge in [-0.15, -0.1) is 5.10 Å². The van der Waals surface area contributed by atoms with E-state index in [1.807, 2.05) is 30.3 Å². The first kappa shape index (κ1) is 19.2. The molecule has 5 rings (SSSR count).